The fraction of sp³-hybridized carbons (Fsp3) is 0.400. The normalized spacial score (nSPS) is 26.4. The molecule has 5 atom stereocenters. The molecule has 194 valence electrons. The number of aromatic hydroxyl groups is 1. The van der Waals surface area contributed by atoms with Crippen molar-refractivity contribution in [2.24, 2.45) is 0 Å². The van der Waals surface area contributed by atoms with Crippen LogP contribution in [0, 0.1) is 6.92 Å². The molecule has 2 aliphatic rings. The first-order valence-corrected chi connectivity index (χ1v) is 11.1. The predicted molar refractivity (Wildman–Crippen MR) is 125 cm³/mol. The van der Waals surface area contributed by atoms with Gasteiger partial charge in [-0.1, -0.05) is 0 Å². The molecule has 0 spiro atoms. The Morgan fingerprint density at radius 2 is 1.56 bits per heavy atom. The van der Waals surface area contributed by atoms with Gasteiger partial charge in [-0.2, -0.15) is 0 Å². The van der Waals surface area contributed by atoms with Crippen LogP contribution in [0.1, 0.15) is 28.4 Å². The van der Waals surface area contributed by atoms with Crippen LogP contribution >= 0.6 is 0 Å². The third-order valence-electron chi connectivity index (χ3n) is 6.17. The van der Waals surface area contributed by atoms with Crippen LogP contribution in [0.4, 0.5) is 0 Å². The van der Waals surface area contributed by atoms with Crippen LogP contribution in [0.2, 0.25) is 0 Å². The molecule has 2 heterocycles. The van der Waals surface area contributed by atoms with Crippen LogP contribution in [0.15, 0.2) is 24.0 Å². The van der Waals surface area contributed by atoms with Crippen LogP contribution in [-0.2, 0) is 4.74 Å². The molecular weight excluding hydrogens is 476 g/mol. The van der Waals surface area contributed by atoms with Gasteiger partial charge < -0.3 is 48.8 Å². The topological polar surface area (TPSA) is 153 Å². The molecule has 2 aliphatic heterocycles. The first kappa shape index (κ1) is 25.6. The largest absolute Gasteiger partial charge is 0.507 e. The highest BCUT2D eigenvalue weighted by atomic mass is 16.7. The lowest BCUT2D eigenvalue weighted by Gasteiger charge is -2.39. The zero-order valence-corrected chi connectivity index (χ0v) is 20.3. The molecule has 0 aliphatic carbocycles. The lowest BCUT2D eigenvalue weighted by molar-refractivity contribution is -0.268. The number of allylic oxidation sites excluding steroid dienone is 1. The molecule has 11 heteroatoms. The summed E-state index contributed by atoms with van der Waals surface area (Å²) >= 11 is 0. The van der Waals surface area contributed by atoms with Gasteiger partial charge in [0, 0.05) is 11.6 Å². The molecule has 11 nitrogen and oxygen atoms in total. The molecule has 4 rings (SSSR count). The van der Waals surface area contributed by atoms with Crippen LogP contribution < -0.4 is 23.7 Å². The van der Waals surface area contributed by atoms with Gasteiger partial charge in [-0.25, -0.2) is 0 Å². The zero-order chi connectivity index (χ0) is 26.3. The van der Waals surface area contributed by atoms with E-state index in [4.69, 9.17) is 28.4 Å². The number of methoxy groups -OCH3 is 3. The van der Waals surface area contributed by atoms with E-state index in [0.717, 1.165) is 0 Å². The van der Waals surface area contributed by atoms with E-state index in [2.05, 4.69) is 0 Å². The average Bonchev–Trinajstić information content (AvgIpc) is 3.19. The molecule has 0 bridgehead atoms. The van der Waals surface area contributed by atoms with Crippen LogP contribution in [0.25, 0.3) is 6.08 Å². The van der Waals surface area contributed by atoms with Crippen molar-refractivity contribution in [1.82, 2.24) is 0 Å². The van der Waals surface area contributed by atoms with E-state index < -0.39 is 36.5 Å². The van der Waals surface area contributed by atoms with E-state index in [1.54, 1.807) is 19.1 Å². The van der Waals surface area contributed by atoms with Crippen molar-refractivity contribution in [3.63, 3.8) is 0 Å². The van der Waals surface area contributed by atoms with Gasteiger partial charge in [-0.05, 0) is 37.6 Å². The Hall–Kier alpha value is -3.51. The minimum absolute atomic E-state index is 0.00746. The van der Waals surface area contributed by atoms with Crippen molar-refractivity contribution in [2.45, 2.75) is 44.6 Å². The maximum Gasteiger partial charge on any atom is 0.235 e. The Morgan fingerprint density at radius 3 is 2.14 bits per heavy atom. The van der Waals surface area contributed by atoms with Gasteiger partial charge >= 0.3 is 0 Å². The number of rotatable bonds is 6. The van der Waals surface area contributed by atoms with Crippen molar-refractivity contribution in [2.75, 3.05) is 21.3 Å². The third kappa shape index (κ3) is 4.30. The smallest absolute Gasteiger partial charge is 0.235 e. The van der Waals surface area contributed by atoms with Crippen LogP contribution in [0.5, 0.6) is 34.5 Å². The highest BCUT2D eigenvalue weighted by Crippen LogP contribution is 2.46. The number of aliphatic hydroxyl groups excluding tert-OH is 3. The summed E-state index contributed by atoms with van der Waals surface area (Å²) in [5.41, 5.74) is 0.822. The number of carbonyl (C=O) groups excluding carboxylic acids is 1. The Kier molecular flexibility index (Phi) is 7.01. The summed E-state index contributed by atoms with van der Waals surface area (Å²) < 4.78 is 33.1. The Balaban J connectivity index is 1.72. The van der Waals surface area contributed by atoms with E-state index in [-0.39, 0.29) is 28.6 Å². The number of ether oxygens (including phenoxy) is 6. The first-order valence-electron chi connectivity index (χ1n) is 11.1. The lowest BCUT2D eigenvalue weighted by Crippen LogP contribution is -2.58. The summed E-state index contributed by atoms with van der Waals surface area (Å²) in [6.45, 7) is 3.07. The molecule has 0 unspecified atom stereocenters. The molecule has 4 N–H and O–H groups in total. The van der Waals surface area contributed by atoms with Gasteiger partial charge in [-0.15, -0.1) is 0 Å². The highest BCUT2D eigenvalue weighted by molar-refractivity contribution is 6.16. The van der Waals surface area contributed by atoms with Crippen LogP contribution in [-0.4, -0.2) is 78.2 Å². The highest BCUT2D eigenvalue weighted by Gasteiger charge is 2.44. The molecule has 2 aromatic carbocycles. The molecule has 0 radical (unpaired) electrons. The molecule has 0 aromatic heterocycles. The number of fused-ring (bicyclic) bond motifs is 1. The number of carbonyl (C=O) groups is 1. The minimum Gasteiger partial charge on any atom is -0.507 e. The molecule has 36 heavy (non-hydrogen) atoms. The number of hydrogen-bond acceptors (Lipinski definition) is 11. The van der Waals surface area contributed by atoms with E-state index in [9.17, 15) is 25.2 Å². The van der Waals surface area contributed by atoms with E-state index >= 15 is 0 Å². The summed E-state index contributed by atoms with van der Waals surface area (Å²) in [6, 6.07) is 4.47. The average molecular weight is 504 g/mol. The fourth-order valence-corrected chi connectivity index (χ4v) is 4.10. The Bertz CT molecular complexity index is 1180. The molecule has 0 amide bonds. The van der Waals surface area contributed by atoms with Gasteiger partial charge in [0.1, 0.15) is 41.1 Å². The van der Waals surface area contributed by atoms with E-state index in [0.29, 0.717) is 28.4 Å². The van der Waals surface area contributed by atoms with Gasteiger partial charge in [0.15, 0.2) is 17.3 Å². The molecule has 1 saturated heterocycles. The molecule has 2 aromatic rings. The van der Waals surface area contributed by atoms with E-state index in [1.165, 1.54) is 40.4 Å². The number of phenols is 1. The second kappa shape index (κ2) is 9.86. The standard InChI is InChI=1S/C25H28O11/c1-10-13(26)9-14(36-25-22(30)21(29)19(27)11(2)34-25)18-20(28)15(35-23(10)18)6-12-7-16(31-3)24(33-5)17(8-12)32-4/h6-9,11,19,21-22,25-27,29-30H,1-5H3/b15-6+/t11-,19-,21+,22-,25-/m0/s1. The maximum atomic E-state index is 13.4. The molecule has 0 saturated carbocycles. The van der Waals surface area contributed by atoms with Gasteiger partial charge in [0.25, 0.3) is 0 Å². The van der Waals surface area contributed by atoms with Crippen molar-refractivity contribution < 1.29 is 53.6 Å². The number of ketones is 1. The van der Waals surface area contributed by atoms with Gasteiger partial charge in [0.2, 0.25) is 17.8 Å². The first-order chi connectivity index (χ1) is 17.1. The maximum absolute atomic E-state index is 13.4. The summed E-state index contributed by atoms with van der Waals surface area (Å²) in [6.07, 6.45) is -5.27. The van der Waals surface area contributed by atoms with E-state index in [1.807, 2.05) is 0 Å². The van der Waals surface area contributed by atoms with Gasteiger partial charge in [0.05, 0.1) is 27.4 Å². The second-order valence-corrected chi connectivity index (χ2v) is 8.42. The van der Waals surface area contributed by atoms with Crippen molar-refractivity contribution >= 4 is 11.9 Å². The SMILES string of the molecule is COc1cc(/C=C2/Oc3c(C)c(O)cc(O[C@@H]4O[C@@H](C)[C@H](O)[C@@H](O)[C@@H]4O)c3C2=O)cc(OC)c1OC. The molecular formula is C25H28O11. The number of aliphatic hydroxyl groups is 3. The summed E-state index contributed by atoms with van der Waals surface area (Å²) in [4.78, 5) is 13.4. The predicted octanol–water partition coefficient (Wildman–Crippen LogP) is 1.55. The quantitative estimate of drug-likeness (QED) is 0.424. The van der Waals surface area contributed by atoms with Crippen molar-refractivity contribution in [3.05, 3.63) is 40.6 Å². The molecule has 1 fully saturated rings. The number of Topliss-reactive ketones (excluding diaryl/α,β-unsaturated/α-hetero) is 1. The number of phenolic OH excluding ortho intramolecular Hbond substituents is 1. The lowest BCUT2D eigenvalue weighted by atomic mass is 10.00. The zero-order valence-electron chi connectivity index (χ0n) is 20.3. The summed E-state index contributed by atoms with van der Waals surface area (Å²) in [5, 5.41) is 40.8. The van der Waals surface area contributed by atoms with Gasteiger partial charge in [-0.3, -0.25) is 4.79 Å². The number of hydrogen-bond donors (Lipinski definition) is 4. The summed E-state index contributed by atoms with van der Waals surface area (Å²) in [7, 11) is 4.41. The second-order valence-electron chi connectivity index (χ2n) is 8.42. The third-order valence-corrected chi connectivity index (χ3v) is 6.17. The number of benzene rings is 2. The summed E-state index contributed by atoms with van der Waals surface area (Å²) in [5.74, 6) is 0.268. The Labute approximate surface area is 207 Å². The fourth-order valence-electron chi connectivity index (χ4n) is 4.10. The van der Waals surface area contributed by atoms with Crippen molar-refractivity contribution in [3.8, 4) is 34.5 Å². The minimum atomic E-state index is -1.61. The Morgan fingerprint density at radius 1 is 0.917 bits per heavy atom. The monoisotopic (exact) mass is 504 g/mol. The van der Waals surface area contributed by atoms with Crippen molar-refractivity contribution in [1.29, 1.82) is 0 Å². The van der Waals surface area contributed by atoms with Crippen LogP contribution in [0.3, 0.4) is 0 Å².